The maximum Gasteiger partial charge on any atom is 0.137 e. The van der Waals surface area contributed by atoms with E-state index >= 15 is 0 Å². The minimum Gasteiger partial charge on any atom is -0.495 e. The molecule has 4 heteroatoms. The highest BCUT2D eigenvalue weighted by atomic mass is 79.9. The lowest BCUT2D eigenvalue weighted by Crippen LogP contribution is -2.15. The van der Waals surface area contributed by atoms with Gasteiger partial charge in [0.05, 0.1) is 11.6 Å². The molecule has 0 atom stereocenters. The van der Waals surface area contributed by atoms with Crippen molar-refractivity contribution in [3.8, 4) is 18.1 Å². The summed E-state index contributed by atoms with van der Waals surface area (Å²) in [4.78, 5) is 0. The largest absolute Gasteiger partial charge is 0.495 e. The minimum atomic E-state index is 0.770. The Morgan fingerprint density at radius 2 is 2.18 bits per heavy atom. The van der Waals surface area contributed by atoms with Gasteiger partial charge in [-0.15, -0.1) is 12.3 Å². The van der Waals surface area contributed by atoms with Gasteiger partial charge in [-0.05, 0) is 41.0 Å². The number of nitrogens with one attached hydrogen (secondary N) is 1. The van der Waals surface area contributed by atoms with Crippen LogP contribution in [-0.4, -0.2) is 13.7 Å². The maximum absolute atomic E-state index is 5.37. The number of halogens is 2. The van der Waals surface area contributed by atoms with Gasteiger partial charge in [0.1, 0.15) is 5.75 Å². The first kappa shape index (κ1) is 14.6. The van der Waals surface area contributed by atoms with Crippen LogP contribution in [0.25, 0.3) is 0 Å². The first-order valence-corrected chi connectivity index (χ1v) is 6.93. The molecule has 0 spiro atoms. The number of hydrogen-bond acceptors (Lipinski definition) is 2. The number of benzene rings is 1. The zero-order valence-electron chi connectivity index (χ0n) is 9.72. The molecule has 17 heavy (non-hydrogen) atoms. The molecule has 0 amide bonds. The number of terminal acetylenes is 1. The highest BCUT2D eigenvalue weighted by Crippen LogP contribution is 2.32. The van der Waals surface area contributed by atoms with E-state index in [1.807, 2.05) is 6.07 Å². The van der Waals surface area contributed by atoms with Gasteiger partial charge in [0.25, 0.3) is 0 Å². The van der Waals surface area contributed by atoms with E-state index in [0.717, 1.165) is 46.2 Å². The number of ether oxygens (including phenoxy) is 1. The van der Waals surface area contributed by atoms with Crippen LogP contribution < -0.4 is 10.1 Å². The molecule has 0 saturated carbocycles. The molecule has 0 radical (unpaired) electrons. The van der Waals surface area contributed by atoms with E-state index in [1.165, 1.54) is 0 Å². The summed E-state index contributed by atoms with van der Waals surface area (Å²) in [6.07, 6.45) is 7.00. The molecular formula is C13H15Br2NO. The third-order valence-corrected chi connectivity index (χ3v) is 3.33. The number of hydrogen-bond donors (Lipinski definition) is 1. The highest BCUT2D eigenvalue weighted by molar-refractivity contribution is 9.11. The van der Waals surface area contributed by atoms with Crippen molar-refractivity contribution in [2.75, 3.05) is 13.7 Å². The predicted molar refractivity (Wildman–Crippen MR) is 78.2 cm³/mol. The average molecular weight is 361 g/mol. The van der Waals surface area contributed by atoms with Crippen LogP contribution in [0.3, 0.4) is 0 Å². The number of methoxy groups -OCH3 is 1. The third-order valence-electron chi connectivity index (χ3n) is 2.28. The van der Waals surface area contributed by atoms with Gasteiger partial charge in [0.15, 0.2) is 0 Å². The summed E-state index contributed by atoms with van der Waals surface area (Å²) in [5.74, 6) is 3.50. The third kappa shape index (κ3) is 4.71. The molecule has 2 nitrogen and oxygen atoms in total. The molecular weight excluding hydrogens is 346 g/mol. The molecule has 1 N–H and O–H groups in total. The van der Waals surface area contributed by atoms with Crippen LogP contribution in [0.2, 0.25) is 0 Å². The predicted octanol–water partition coefficient (Wildman–Crippen LogP) is 3.72. The van der Waals surface area contributed by atoms with Crippen molar-refractivity contribution in [2.24, 2.45) is 0 Å². The van der Waals surface area contributed by atoms with Gasteiger partial charge in [-0.2, -0.15) is 0 Å². The Labute approximate surface area is 119 Å². The highest BCUT2D eigenvalue weighted by Gasteiger charge is 2.08. The quantitative estimate of drug-likeness (QED) is 0.616. The zero-order valence-corrected chi connectivity index (χ0v) is 12.9. The first-order chi connectivity index (χ1) is 8.19. The van der Waals surface area contributed by atoms with E-state index in [2.05, 4.69) is 49.2 Å². The fourth-order valence-electron chi connectivity index (χ4n) is 1.51. The second-order valence-corrected chi connectivity index (χ2v) is 5.33. The lowest BCUT2D eigenvalue weighted by molar-refractivity contribution is 0.405. The van der Waals surface area contributed by atoms with Crippen molar-refractivity contribution >= 4 is 31.9 Å². The summed E-state index contributed by atoms with van der Waals surface area (Å²) in [5, 5.41) is 3.35. The molecule has 1 aromatic carbocycles. The van der Waals surface area contributed by atoms with Crippen LogP contribution >= 0.6 is 31.9 Å². The summed E-state index contributed by atoms with van der Waals surface area (Å²) in [7, 11) is 1.68. The normalized spacial score (nSPS) is 10.0. The standard InChI is InChI=1S/C13H15Br2NO/c1-3-4-5-6-16-9-10-7-11(14)8-12(15)13(10)17-2/h1,7-8,16H,4-6,9H2,2H3. The van der Waals surface area contributed by atoms with Crippen LogP contribution in [-0.2, 0) is 6.54 Å². The van der Waals surface area contributed by atoms with Gasteiger partial charge in [0.2, 0.25) is 0 Å². The van der Waals surface area contributed by atoms with Gasteiger partial charge in [0, 0.05) is 23.0 Å². The van der Waals surface area contributed by atoms with E-state index < -0.39 is 0 Å². The van der Waals surface area contributed by atoms with Crippen molar-refractivity contribution in [2.45, 2.75) is 19.4 Å². The molecule has 0 heterocycles. The average Bonchev–Trinajstić information content (AvgIpc) is 2.28. The molecule has 1 aromatic rings. The van der Waals surface area contributed by atoms with Gasteiger partial charge < -0.3 is 10.1 Å². The molecule has 1 rings (SSSR count). The summed E-state index contributed by atoms with van der Waals surface area (Å²) >= 11 is 6.95. The molecule has 0 aromatic heterocycles. The summed E-state index contributed by atoms with van der Waals surface area (Å²) in [6.45, 7) is 1.68. The van der Waals surface area contributed by atoms with Gasteiger partial charge in [-0.25, -0.2) is 0 Å². The minimum absolute atomic E-state index is 0.770. The Kier molecular flexibility index (Phi) is 6.64. The molecule has 92 valence electrons. The lowest BCUT2D eigenvalue weighted by atomic mass is 10.2. The van der Waals surface area contributed by atoms with E-state index in [9.17, 15) is 0 Å². The van der Waals surface area contributed by atoms with E-state index in [1.54, 1.807) is 7.11 Å². The van der Waals surface area contributed by atoms with Crippen molar-refractivity contribution in [1.29, 1.82) is 0 Å². The molecule has 0 aliphatic heterocycles. The van der Waals surface area contributed by atoms with Gasteiger partial charge in [-0.1, -0.05) is 15.9 Å². The topological polar surface area (TPSA) is 21.3 Å². The summed E-state index contributed by atoms with van der Waals surface area (Å²) in [5.41, 5.74) is 1.12. The number of unbranched alkanes of at least 4 members (excludes halogenated alkanes) is 1. The molecule has 0 fully saturated rings. The second-order valence-electron chi connectivity index (χ2n) is 3.56. The van der Waals surface area contributed by atoms with Crippen LogP contribution in [0.5, 0.6) is 5.75 Å². The van der Waals surface area contributed by atoms with E-state index in [4.69, 9.17) is 11.2 Å². The van der Waals surface area contributed by atoms with Crippen LogP contribution in [0, 0.1) is 12.3 Å². The van der Waals surface area contributed by atoms with E-state index in [-0.39, 0.29) is 0 Å². The Balaban J connectivity index is 2.60. The smallest absolute Gasteiger partial charge is 0.137 e. The Morgan fingerprint density at radius 3 is 2.82 bits per heavy atom. The number of rotatable bonds is 6. The maximum atomic E-state index is 5.37. The van der Waals surface area contributed by atoms with E-state index in [0.29, 0.717) is 0 Å². The van der Waals surface area contributed by atoms with Gasteiger partial charge >= 0.3 is 0 Å². The van der Waals surface area contributed by atoms with Crippen LogP contribution in [0.15, 0.2) is 21.1 Å². The van der Waals surface area contributed by atoms with Crippen LogP contribution in [0.1, 0.15) is 18.4 Å². The van der Waals surface area contributed by atoms with Gasteiger partial charge in [-0.3, -0.25) is 0 Å². The van der Waals surface area contributed by atoms with Crippen molar-refractivity contribution in [3.05, 3.63) is 26.6 Å². The summed E-state index contributed by atoms with van der Waals surface area (Å²) in [6, 6.07) is 4.03. The fourth-order valence-corrected chi connectivity index (χ4v) is 2.99. The second kappa shape index (κ2) is 7.75. The Morgan fingerprint density at radius 1 is 1.41 bits per heavy atom. The van der Waals surface area contributed by atoms with Crippen LogP contribution in [0.4, 0.5) is 0 Å². The molecule has 0 aliphatic rings. The SMILES string of the molecule is C#CCCCNCc1cc(Br)cc(Br)c1OC. The van der Waals surface area contributed by atoms with Crippen molar-refractivity contribution < 1.29 is 4.74 Å². The molecule has 0 unspecified atom stereocenters. The Hall–Kier alpha value is -0.500. The lowest BCUT2D eigenvalue weighted by Gasteiger charge is -2.12. The zero-order chi connectivity index (χ0) is 12.7. The fraction of sp³-hybridized carbons (Fsp3) is 0.385. The monoisotopic (exact) mass is 359 g/mol. The molecule has 0 saturated heterocycles. The van der Waals surface area contributed by atoms with Crippen molar-refractivity contribution in [3.63, 3.8) is 0 Å². The summed E-state index contributed by atoms with van der Waals surface area (Å²) < 4.78 is 7.36. The first-order valence-electron chi connectivity index (χ1n) is 5.35. The molecule has 0 aliphatic carbocycles. The molecule has 0 bridgehead atoms. The van der Waals surface area contributed by atoms with Crippen molar-refractivity contribution in [1.82, 2.24) is 5.32 Å². The Bertz CT molecular complexity index is 413.